The van der Waals surface area contributed by atoms with E-state index in [9.17, 15) is 4.79 Å². The zero-order valence-electron chi connectivity index (χ0n) is 10.2. The number of nitrogens with zero attached hydrogens (tertiary/aromatic N) is 2. The van der Waals surface area contributed by atoms with Gasteiger partial charge in [0.25, 0.3) is 5.91 Å². The number of halogens is 1. The van der Waals surface area contributed by atoms with Gasteiger partial charge < -0.3 is 16.0 Å². The number of hydrogen-bond acceptors (Lipinski definition) is 4. The third-order valence-corrected chi connectivity index (χ3v) is 3.33. The fourth-order valence-corrected chi connectivity index (χ4v) is 2.25. The van der Waals surface area contributed by atoms with E-state index in [1.807, 2.05) is 0 Å². The maximum Gasteiger partial charge on any atom is 0.253 e. The van der Waals surface area contributed by atoms with Gasteiger partial charge in [-0.05, 0) is 32.0 Å². The molecule has 1 amide bonds. The van der Waals surface area contributed by atoms with E-state index in [1.165, 1.54) is 25.1 Å². The van der Waals surface area contributed by atoms with Crippen LogP contribution < -0.4 is 11.1 Å². The number of rotatable bonds is 4. The molecule has 18 heavy (non-hydrogen) atoms. The monoisotopic (exact) mass is 268 g/mol. The molecule has 1 aliphatic rings. The number of carbonyl (C=O) groups excluding carboxylic acids is 1. The molecule has 1 aliphatic heterocycles. The van der Waals surface area contributed by atoms with E-state index in [-0.39, 0.29) is 5.91 Å². The molecule has 1 aromatic rings. The van der Waals surface area contributed by atoms with Gasteiger partial charge in [0.2, 0.25) is 0 Å². The summed E-state index contributed by atoms with van der Waals surface area (Å²) in [6, 6.07) is 1.49. The van der Waals surface area contributed by atoms with Gasteiger partial charge in [0.05, 0.1) is 10.6 Å². The fourth-order valence-electron chi connectivity index (χ4n) is 2.06. The van der Waals surface area contributed by atoms with E-state index >= 15 is 0 Å². The van der Waals surface area contributed by atoms with Gasteiger partial charge in [-0.1, -0.05) is 11.6 Å². The van der Waals surface area contributed by atoms with Crippen LogP contribution in [0.2, 0.25) is 5.02 Å². The Morgan fingerprint density at radius 3 is 2.94 bits per heavy atom. The Morgan fingerprint density at radius 1 is 1.50 bits per heavy atom. The van der Waals surface area contributed by atoms with Crippen LogP contribution in [0.1, 0.15) is 23.2 Å². The minimum atomic E-state index is -0.201. The lowest BCUT2D eigenvalue weighted by Gasteiger charge is -2.14. The highest BCUT2D eigenvalue weighted by atomic mass is 35.5. The minimum Gasteiger partial charge on any atom is -0.384 e. The lowest BCUT2D eigenvalue weighted by atomic mass is 10.2. The van der Waals surface area contributed by atoms with Gasteiger partial charge in [-0.25, -0.2) is 4.98 Å². The maximum absolute atomic E-state index is 11.9. The molecule has 0 aliphatic carbocycles. The first-order valence-corrected chi connectivity index (χ1v) is 6.46. The molecule has 0 spiro atoms. The van der Waals surface area contributed by atoms with E-state index in [2.05, 4.69) is 15.2 Å². The second kappa shape index (κ2) is 6.02. The first-order valence-electron chi connectivity index (χ1n) is 6.08. The molecule has 2 heterocycles. The van der Waals surface area contributed by atoms with Gasteiger partial charge in [0, 0.05) is 19.3 Å². The Kier molecular flexibility index (Phi) is 4.38. The Labute approximate surface area is 111 Å². The number of pyridine rings is 1. The van der Waals surface area contributed by atoms with E-state index in [1.54, 1.807) is 0 Å². The first-order chi connectivity index (χ1) is 8.66. The van der Waals surface area contributed by atoms with Crippen LogP contribution in [0.25, 0.3) is 0 Å². The van der Waals surface area contributed by atoms with Crippen LogP contribution in [-0.4, -0.2) is 42.0 Å². The normalized spacial score (nSPS) is 15.8. The van der Waals surface area contributed by atoms with Crippen molar-refractivity contribution in [1.82, 2.24) is 15.2 Å². The molecule has 1 fully saturated rings. The molecular formula is C12H17ClN4O. The van der Waals surface area contributed by atoms with Gasteiger partial charge in [0.15, 0.2) is 0 Å². The second-order valence-corrected chi connectivity index (χ2v) is 4.80. The number of nitrogens with one attached hydrogen (secondary N) is 1. The van der Waals surface area contributed by atoms with Crippen LogP contribution in [0.5, 0.6) is 0 Å². The summed E-state index contributed by atoms with van der Waals surface area (Å²) in [4.78, 5) is 18.1. The number of nitrogen functional groups attached to an aromatic ring is 1. The highest BCUT2D eigenvalue weighted by Crippen LogP contribution is 2.16. The molecule has 3 N–H and O–H groups in total. The summed E-state index contributed by atoms with van der Waals surface area (Å²) in [5.74, 6) is 0.0948. The van der Waals surface area contributed by atoms with Crippen LogP contribution in [0, 0.1) is 0 Å². The number of amides is 1. The average molecular weight is 269 g/mol. The SMILES string of the molecule is Nc1cc(C(=O)NCCN2CCCC2)c(Cl)cn1. The summed E-state index contributed by atoms with van der Waals surface area (Å²) in [6.45, 7) is 3.75. The van der Waals surface area contributed by atoms with Gasteiger partial charge in [-0.3, -0.25) is 4.79 Å². The summed E-state index contributed by atoms with van der Waals surface area (Å²) >= 11 is 5.91. The van der Waals surface area contributed by atoms with E-state index in [0.29, 0.717) is 22.9 Å². The van der Waals surface area contributed by atoms with Crippen LogP contribution in [0.15, 0.2) is 12.3 Å². The van der Waals surface area contributed by atoms with Gasteiger partial charge in [-0.2, -0.15) is 0 Å². The zero-order chi connectivity index (χ0) is 13.0. The summed E-state index contributed by atoms with van der Waals surface area (Å²) < 4.78 is 0. The number of anilines is 1. The molecule has 1 aromatic heterocycles. The van der Waals surface area contributed by atoms with Crippen LogP contribution in [0.3, 0.4) is 0 Å². The third-order valence-electron chi connectivity index (χ3n) is 3.03. The molecule has 5 nitrogen and oxygen atoms in total. The molecule has 0 aromatic carbocycles. The average Bonchev–Trinajstić information content (AvgIpc) is 2.85. The smallest absolute Gasteiger partial charge is 0.253 e. The van der Waals surface area contributed by atoms with Crippen molar-refractivity contribution in [2.75, 3.05) is 31.9 Å². The summed E-state index contributed by atoms with van der Waals surface area (Å²) in [5, 5.41) is 3.17. The van der Waals surface area contributed by atoms with Crippen molar-refractivity contribution >= 4 is 23.3 Å². The number of nitrogens with two attached hydrogens (primary N) is 1. The summed E-state index contributed by atoms with van der Waals surface area (Å²) in [5.41, 5.74) is 5.92. The van der Waals surface area contributed by atoms with E-state index < -0.39 is 0 Å². The van der Waals surface area contributed by atoms with E-state index in [4.69, 9.17) is 17.3 Å². The summed E-state index contributed by atoms with van der Waals surface area (Å²) in [7, 11) is 0. The van der Waals surface area contributed by atoms with Crippen molar-refractivity contribution in [2.45, 2.75) is 12.8 Å². The first kappa shape index (κ1) is 13.1. The Balaban J connectivity index is 1.85. The van der Waals surface area contributed by atoms with Crippen molar-refractivity contribution < 1.29 is 4.79 Å². The lowest BCUT2D eigenvalue weighted by molar-refractivity contribution is 0.0950. The zero-order valence-corrected chi connectivity index (χ0v) is 10.9. The predicted molar refractivity (Wildman–Crippen MR) is 71.7 cm³/mol. The molecule has 0 radical (unpaired) electrons. The molecule has 6 heteroatoms. The maximum atomic E-state index is 11.9. The van der Waals surface area contributed by atoms with Crippen LogP contribution >= 0.6 is 11.6 Å². The highest BCUT2D eigenvalue weighted by molar-refractivity contribution is 6.33. The van der Waals surface area contributed by atoms with Crippen LogP contribution in [0.4, 0.5) is 5.82 Å². The Hall–Kier alpha value is -1.33. The van der Waals surface area contributed by atoms with Crippen molar-refractivity contribution in [3.05, 3.63) is 22.8 Å². The number of carbonyl (C=O) groups is 1. The molecule has 2 rings (SSSR count). The molecule has 0 atom stereocenters. The molecular weight excluding hydrogens is 252 g/mol. The van der Waals surface area contributed by atoms with Crippen molar-refractivity contribution in [1.29, 1.82) is 0 Å². The quantitative estimate of drug-likeness (QED) is 0.859. The lowest BCUT2D eigenvalue weighted by Crippen LogP contribution is -2.33. The molecule has 1 saturated heterocycles. The summed E-state index contributed by atoms with van der Waals surface area (Å²) in [6.07, 6.45) is 3.90. The second-order valence-electron chi connectivity index (χ2n) is 4.39. The van der Waals surface area contributed by atoms with Gasteiger partial charge in [0.1, 0.15) is 5.82 Å². The molecule has 0 unspecified atom stereocenters. The number of hydrogen-bond donors (Lipinski definition) is 2. The van der Waals surface area contributed by atoms with Gasteiger partial charge in [-0.15, -0.1) is 0 Å². The van der Waals surface area contributed by atoms with E-state index in [0.717, 1.165) is 19.6 Å². The molecule has 98 valence electrons. The molecule has 0 bridgehead atoms. The highest BCUT2D eigenvalue weighted by Gasteiger charge is 2.13. The molecule has 0 saturated carbocycles. The number of aromatic nitrogens is 1. The topological polar surface area (TPSA) is 71.2 Å². The predicted octanol–water partition coefficient (Wildman–Crippen LogP) is 1.14. The Bertz CT molecular complexity index is 432. The third kappa shape index (κ3) is 3.34. The minimum absolute atomic E-state index is 0.201. The van der Waals surface area contributed by atoms with Gasteiger partial charge >= 0.3 is 0 Å². The van der Waals surface area contributed by atoms with Crippen molar-refractivity contribution in [3.8, 4) is 0 Å². The van der Waals surface area contributed by atoms with Crippen LogP contribution in [-0.2, 0) is 0 Å². The fraction of sp³-hybridized carbons (Fsp3) is 0.500. The Morgan fingerprint density at radius 2 is 2.22 bits per heavy atom. The van der Waals surface area contributed by atoms with Crippen molar-refractivity contribution in [2.24, 2.45) is 0 Å². The van der Waals surface area contributed by atoms with Crippen molar-refractivity contribution in [3.63, 3.8) is 0 Å². The standard InChI is InChI=1S/C12H17ClN4O/c13-10-8-16-11(14)7-9(10)12(18)15-3-6-17-4-1-2-5-17/h7-8H,1-6H2,(H2,14,16)(H,15,18). The largest absolute Gasteiger partial charge is 0.384 e. The number of likely N-dealkylation sites (tertiary alicyclic amines) is 1.